The third kappa shape index (κ3) is 6.05. The molecule has 8 heteroatoms. The lowest BCUT2D eigenvalue weighted by Crippen LogP contribution is -2.29. The first-order valence-corrected chi connectivity index (χ1v) is 9.53. The quantitative estimate of drug-likeness (QED) is 0.465. The predicted octanol–water partition coefficient (Wildman–Crippen LogP) is 4.32. The molecule has 0 fully saturated rings. The van der Waals surface area contributed by atoms with Crippen molar-refractivity contribution in [3.63, 3.8) is 0 Å². The van der Waals surface area contributed by atoms with Gasteiger partial charge in [0.1, 0.15) is 0 Å². The van der Waals surface area contributed by atoms with E-state index in [0.29, 0.717) is 24.0 Å². The zero-order valence-corrected chi connectivity index (χ0v) is 15.9. The molecule has 0 saturated heterocycles. The van der Waals surface area contributed by atoms with E-state index in [1.165, 1.54) is 0 Å². The summed E-state index contributed by atoms with van der Waals surface area (Å²) in [5.41, 5.74) is 2.30. The van der Waals surface area contributed by atoms with Gasteiger partial charge in [0.15, 0.2) is 0 Å². The van der Waals surface area contributed by atoms with Crippen molar-refractivity contribution >= 4 is 16.5 Å². The van der Waals surface area contributed by atoms with E-state index < -0.39 is 12.7 Å². The summed E-state index contributed by atoms with van der Waals surface area (Å²) in [5.74, 6) is 0. The van der Waals surface area contributed by atoms with Crippen LogP contribution in [0.1, 0.15) is 19.3 Å². The average Bonchev–Trinajstić information content (AvgIpc) is 2.70. The Balaban J connectivity index is 1.54. The number of nitrogens with zero attached hydrogens (tertiary/aromatic N) is 1. The van der Waals surface area contributed by atoms with Crippen LogP contribution in [0, 0.1) is 0 Å². The van der Waals surface area contributed by atoms with E-state index in [0.717, 1.165) is 36.0 Å². The Morgan fingerprint density at radius 1 is 0.931 bits per heavy atom. The Labute approximate surface area is 166 Å². The highest BCUT2D eigenvalue weighted by atomic mass is 19.4. The van der Waals surface area contributed by atoms with E-state index in [9.17, 15) is 18.0 Å². The Hall–Kier alpha value is -2.87. The fourth-order valence-electron chi connectivity index (χ4n) is 3.13. The lowest BCUT2D eigenvalue weighted by molar-refractivity contribution is -0.124. The number of halogens is 3. The first-order valence-electron chi connectivity index (χ1n) is 9.53. The molecule has 3 N–H and O–H groups in total. The summed E-state index contributed by atoms with van der Waals surface area (Å²) in [4.78, 5) is 12.0. The third-order valence-corrected chi connectivity index (χ3v) is 4.52. The van der Waals surface area contributed by atoms with Gasteiger partial charge >= 0.3 is 6.18 Å². The molecule has 154 valence electrons. The van der Waals surface area contributed by atoms with Gasteiger partial charge in [0.25, 0.3) is 5.56 Å². The molecule has 0 aliphatic rings. The average molecular weight is 404 g/mol. The summed E-state index contributed by atoms with van der Waals surface area (Å²) >= 11 is 0. The topological polar surface area (TPSA) is 69.8 Å². The number of alkyl halides is 3. The van der Waals surface area contributed by atoms with Crippen LogP contribution in [0.3, 0.4) is 0 Å². The molecular weight excluding hydrogens is 381 g/mol. The second kappa shape index (κ2) is 9.56. The number of hydrogen-bond donors (Lipinski definition) is 3. The molecule has 5 nitrogen and oxygen atoms in total. The summed E-state index contributed by atoms with van der Waals surface area (Å²) in [6.45, 7) is 0.147. The Morgan fingerprint density at radius 3 is 2.48 bits per heavy atom. The minimum atomic E-state index is -4.15. The molecule has 2 aromatic carbocycles. The minimum absolute atomic E-state index is 0.219. The molecule has 0 radical (unpaired) electrons. The Morgan fingerprint density at radius 2 is 1.69 bits per heavy atom. The Bertz CT molecular complexity index is 1000. The number of unbranched alkanes of at least 4 members (excludes halogenated alkanes) is 2. The first-order chi connectivity index (χ1) is 13.9. The molecule has 0 unspecified atom stereocenters. The number of H-pyrrole nitrogens is 1. The molecule has 1 heterocycles. The van der Waals surface area contributed by atoms with E-state index >= 15 is 0 Å². The summed E-state index contributed by atoms with van der Waals surface area (Å²) < 4.78 is 36.1. The zero-order valence-electron chi connectivity index (χ0n) is 15.9. The van der Waals surface area contributed by atoms with Crippen molar-refractivity contribution in [3.8, 4) is 11.3 Å². The maximum absolute atomic E-state index is 12.0. The number of fused-ring (bicyclic) bond motifs is 1. The van der Waals surface area contributed by atoms with Crippen LogP contribution in [0.4, 0.5) is 18.9 Å². The number of rotatable bonds is 9. The highest BCUT2D eigenvalue weighted by Crippen LogP contribution is 2.26. The molecule has 0 aliphatic heterocycles. The monoisotopic (exact) mass is 404 g/mol. The van der Waals surface area contributed by atoms with Crippen molar-refractivity contribution in [1.82, 2.24) is 15.5 Å². The highest BCUT2D eigenvalue weighted by molar-refractivity contribution is 5.94. The normalized spacial score (nSPS) is 11.7. The molecule has 3 rings (SSSR count). The molecule has 0 atom stereocenters. The van der Waals surface area contributed by atoms with Gasteiger partial charge in [-0.1, -0.05) is 36.8 Å². The lowest BCUT2D eigenvalue weighted by atomic mass is 10.0. The number of hydrogen-bond acceptors (Lipinski definition) is 4. The van der Waals surface area contributed by atoms with Gasteiger partial charge in [0, 0.05) is 23.2 Å². The van der Waals surface area contributed by atoms with Gasteiger partial charge in [-0.25, -0.2) is 5.10 Å². The maximum Gasteiger partial charge on any atom is 0.401 e. The second-order valence-corrected chi connectivity index (χ2v) is 6.81. The summed E-state index contributed by atoms with van der Waals surface area (Å²) in [5, 5.41) is 13.9. The summed E-state index contributed by atoms with van der Waals surface area (Å²) in [6.07, 6.45) is -1.76. The van der Waals surface area contributed by atoms with Crippen LogP contribution >= 0.6 is 0 Å². The standard InChI is InChI=1S/C21H23F3N4O/c22-21(23,24)14-25-11-4-1-5-12-26-16-8-6-7-15(13-16)19-17-9-2-3-10-18(17)20(29)28-27-19/h2-3,6-10,13,25-26H,1,4-5,11-12,14H2,(H,28,29). The van der Waals surface area contributed by atoms with Crippen molar-refractivity contribution in [2.24, 2.45) is 0 Å². The lowest BCUT2D eigenvalue weighted by Gasteiger charge is -2.10. The van der Waals surface area contributed by atoms with Gasteiger partial charge in [0.05, 0.1) is 17.6 Å². The summed E-state index contributed by atoms with van der Waals surface area (Å²) in [6, 6.07) is 15.1. The van der Waals surface area contributed by atoms with Crippen molar-refractivity contribution in [2.45, 2.75) is 25.4 Å². The van der Waals surface area contributed by atoms with Crippen molar-refractivity contribution < 1.29 is 13.2 Å². The van der Waals surface area contributed by atoms with E-state index in [-0.39, 0.29) is 5.56 Å². The zero-order chi connectivity index (χ0) is 20.7. The van der Waals surface area contributed by atoms with E-state index in [1.807, 2.05) is 42.5 Å². The van der Waals surface area contributed by atoms with Crippen LogP contribution in [-0.2, 0) is 0 Å². The van der Waals surface area contributed by atoms with Gasteiger partial charge in [-0.3, -0.25) is 4.79 Å². The van der Waals surface area contributed by atoms with Crippen LogP contribution in [0.25, 0.3) is 22.0 Å². The number of aromatic amines is 1. The van der Waals surface area contributed by atoms with Crippen LogP contribution in [0.2, 0.25) is 0 Å². The van der Waals surface area contributed by atoms with Crippen LogP contribution < -0.4 is 16.2 Å². The van der Waals surface area contributed by atoms with Gasteiger partial charge in [-0.2, -0.15) is 18.3 Å². The number of nitrogens with one attached hydrogen (secondary N) is 3. The van der Waals surface area contributed by atoms with Gasteiger partial charge in [-0.05, 0) is 37.6 Å². The second-order valence-electron chi connectivity index (χ2n) is 6.81. The third-order valence-electron chi connectivity index (χ3n) is 4.52. The molecule has 0 amide bonds. The molecular formula is C21H23F3N4O. The molecule has 3 aromatic rings. The highest BCUT2D eigenvalue weighted by Gasteiger charge is 2.25. The van der Waals surface area contributed by atoms with E-state index in [1.54, 1.807) is 6.07 Å². The maximum atomic E-state index is 12.0. The first kappa shape index (κ1) is 20.9. The molecule has 0 bridgehead atoms. The van der Waals surface area contributed by atoms with Crippen molar-refractivity contribution in [1.29, 1.82) is 0 Å². The van der Waals surface area contributed by atoms with Crippen LogP contribution in [0.5, 0.6) is 0 Å². The van der Waals surface area contributed by atoms with E-state index in [4.69, 9.17) is 0 Å². The summed E-state index contributed by atoms with van der Waals surface area (Å²) in [7, 11) is 0. The van der Waals surface area contributed by atoms with Gasteiger partial charge in [-0.15, -0.1) is 0 Å². The number of benzene rings is 2. The van der Waals surface area contributed by atoms with Crippen molar-refractivity contribution in [2.75, 3.05) is 25.0 Å². The minimum Gasteiger partial charge on any atom is -0.385 e. The smallest absolute Gasteiger partial charge is 0.385 e. The molecule has 0 saturated carbocycles. The number of anilines is 1. The molecule has 29 heavy (non-hydrogen) atoms. The molecule has 1 aromatic heterocycles. The largest absolute Gasteiger partial charge is 0.401 e. The van der Waals surface area contributed by atoms with Crippen LogP contribution in [0.15, 0.2) is 53.3 Å². The molecule has 0 spiro atoms. The van der Waals surface area contributed by atoms with E-state index in [2.05, 4.69) is 20.8 Å². The van der Waals surface area contributed by atoms with Gasteiger partial charge in [0.2, 0.25) is 0 Å². The Kier molecular flexibility index (Phi) is 6.87. The van der Waals surface area contributed by atoms with Gasteiger partial charge < -0.3 is 10.6 Å². The van der Waals surface area contributed by atoms with Crippen LogP contribution in [-0.4, -0.2) is 36.0 Å². The fraction of sp³-hybridized carbons (Fsp3) is 0.333. The SMILES string of the molecule is O=c1[nH]nc(-c2cccc(NCCCCCNCC(F)(F)F)c2)c2ccccc12. The molecule has 0 aliphatic carbocycles. The predicted molar refractivity (Wildman–Crippen MR) is 109 cm³/mol. The fourth-order valence-corrected chi connectivity index (χ4v) is 3.13. The number of aromatic nitrogens is 2. The van der Waals surface area contributed by atoms with Crippen molar-refractivity contribution in [3.05, 3.63) is 58.9 Å².